The molecule has 0 heterocycles. The van der Waals surface area contributed by atoms with Gasteiger partial charge in [0.2, 0.25) is 0 Å². The molecule has 18 heavy (non-hydrogen) atoms. The molecule has 0 aromatic rings. The second-order valence-electron chi connectivity index (χ2n) is 5.20. The first-order valence-electron chi connectivity index (χ1n) is 6.99. The van der Waals surface area contributed by atoms with Gasteiger partial charge in [0.05, 0.1) is 0 Å². The van der Waals surface area contributed by atoms with E-state index in [1.165, 1.54) is 0 Å². The summed E-state index contributed by atoms with van der Waals surface area (Å²) < 4.78 is 29.2. The van der Waals surface area contributed by atoms with Gasteiger partial charge in [-0.2, -0.15) is 17.4 Å². The Kier molecular flexibility index (Phi) is 6.04. The van der Waals surface area contributed by atoms with E-state index in [-0.39, 0.29) is 0 Å². The van der Waals surface area contributed by atoms with E-state index in [1.54, 1.807) is 4.31 Å². The molecule has 1 aliphatic carbocycles. The van der Waals surface area contributed by atoms with E-state index in [0.717, 1.165) is 38.5 Å². The lowest BCUT2D eigenvalue weighted by atomic mass is 10.0. The summed E-state index contributed by atoms with van der Waals surface area (Å²) >= 11 is 0. The van der Waals surface area contributed by atoms with Crippen molar-refractivity contribution < 1.29 is 8.42 Å². The molecule has 1 saturated carbocycles. The van der Waals surface area contributed by atoms with Crippen molar-refractivity contribution in [2.45, 2.75) is 57.9 Å². The van der Waals surface area contributed by atoms with Crippen LogP contribution in [-0.4, -0.2) is 37.9 Å². The molecular weight excluding hydrogens is 250 g/mol. The molecule has 0 saturated heterocycles. The Bertz CT molecular complexity index is 331. The maximum absolute atomic E-state index is 12.4. The summed E-state index contributed by atoms with van der Waals surface area (Å²) in [6, 6.07) is 0. The van der Waals surface area contributed by atoms with Gasteiger partial charge in [-0.05, 0) is 25.7 Å². The van der Waals surface area contributed by atoms with Crippen LogP contribution in [0, 0.1) is 0 Å². The van der Waals surface area contributed by atoms with Crippen molar-refractivity contribution in [3.8, 4) is 0 Å². The smallest absolute Gasteiger partial charge is 0.279 e. The van der Waals surface area contributed by atoms with Crippen molar-refractivity contribution >= 4 is 10.2 Å². The fourth-order valence-corrected chi connectivity index (χ4v) is 4.40. The standard InChI is InChI=1S/C12H27N3O2S/c1-3-9-15(10-4-2)18(16,17)14-12(11-13)7-5-6-8-12/h14H,3-11,13H2,1-2H3. The van der Waals surface area contributed by atoms with Gasteiger partial charge in [-0.25, -0.2) is 0 Å². The maximum atomic E-state index is 12.4. The molecule has 0 aromatic carbocycles. The first-order valence-corrected chi connectivity index (χ1v) is 8.43. The molecule has 0 aliphatic heterocycles. The van der Waals surface area contributed by atoms with E-state index < -0.39 is 15.7 Å². The number of nitrogens with two attached hydrogens (primary N) is 1. The minimum atomic E-state index is -3.40. The molecule has 0 radical (unpaired) electrons. The number of hydrogen-bond acceptors (Lipinski definition) is 3. The molecule has 0 spiro atoms. The van der Waals surface area contributed by atoms with Gasteiger partial charge in [-0.3, -0.25) is 0 Å². The van der Waals surface area contributed by atoms with Crippen LogP contribution in [0.25, 0.3) is 0 Å². The van der Waals surface area contributed by atoms with Crippen LogP contribution in [0.5, 0.6) is 0 Å². The van der Waals surface area contributed by atoms with Gasteiger partial charge in [-0.15, -0.1) is 0 Å². The van der Waals surface area contributed by atoms with Crippen LogP contribution in [0.3, 0.4) is 0 Å². The van der Waals surface area contributed by atoms with Gasteiger partial charge in [0.1, 0.15) is 0 Å². The monoisotopic (exact) mass is 277 g/mol. The first kappa shape index (κ1) is 15.9. The Morgan fingerprint density at radius 3 is 2.06 bits per heavy atom. The minimum absolute atomic E-state index is 0.387. The summed E-state index contributed by atoms with van der Waals surface area (Å²) in [7, 11) is -3.40. The second-order valence-corrected chi connectivity index (χ2v) is 6.87. The Morgan fingerprint density at radius 2 is 1.67 bits per heavy atom. The Labute approximate surface area is 111 Å². The van der Waals surface area contributed by atoms with Gasteiger partial charge in [0, 0.05) is 25.2 Å². The van der Waals surface area contributed by atoms with E-state index >= 15 is 0 Å². The van der Waals surface area contributed by atoms with E-state index in [0.29, 0.717) is 19.6 Å². The van der Waals surface area contributed by atoms with Gasteiger partial charge in [-0.1, -0.05) is 26.7 Å². The van der Waals surface area contributed by atoms with Crippen molar-refractivity contribution in [3.63, 3.8) is 0 Å². The molecule has 1 fully saturated rings. The molecule has 1 aliphatic rings. The predicted molar refractivity (Wildman–Crippen MR) is 74.5 cm³/mol. The summed E-state index contributed by atoms with van der Waals surface area (Å²) in [6.45, 7) is 5.52. The van der Waals surface area contributed by atoms with Crippen molar-refractivity contribution in [1.82, 2.24) is 9.03 Å². The van der Waals surface area contributed by atoms with Gasteiger partial charge in [0.15, 0.2) is 0 Å². The van der Waals surface area contributed by atoms with Crippen LogP contribution in [0.2, 0.25) is 0 Å². The lowest BCUT2D eigenvalue weighted by Crippen LogP contribution is -2.56. The average molecular weight is 277 g/mol. The van der Waals surface area contributed by atoms with E-state index in [9.17, 15) is 8.42 Å². The van der Waals surface area contributed by atoms with Crippen LogP contribution in [0.1, 0.15) is 52.4 Å². The zero-order chi connectivity index (χ0) is 13.6. The van der Waals surface area contributed by atoms with Gasteiger partial charge in [0.25, 0.3) is 10.2 Å². The van der Waals surface area contributed by atoms with Crippen LogP contribution in [0.4, 0.5) is 0 Å². The number of rotatable bonds is 8. The quantitative estimate of drug-likeness (QED) is 0.700. The van der Waals surface area contributed by atoms with Crippen molar-refractivity contribution in [1.29, 1.82) is 0 Å². The van der Waals surface area contributed by atoms with Gasteiger partial charge >= 0.3 is 0 Å². The number of hydrogen-bond donors (Lipinski definition) is 2. The third-order valence-electron chi connectivity index (χ3n) is 3.58. The van der Waals surface area contributed by atoms with Crippen LogP contribution < -0.4 is 10.5 Å². The molecule has 0 bridgehead atoms. The van der Waals surface area contributed by atoms with E-state index in [4.69, 9.17) is 5.73 Å². The summed E-state index contributed by atoms with van der Waals surface area (Å²) in [6.07, 6.45) is 5.49. The highest BCUT2D eigenvalue weighted by molar-refractivity contribution is 7.87. The fourth-order valence-electron chi connectivity index (χ4n) is 2.59. The Morgan fingerprint density at radius 1 is 1.17 bits per heavy atom. The third kappa shape index (κ3) is 3.91. The SMILES string of the molecule is CCCN(CCC)S(=O)(=O)NC1(CN)CCCC1. The molecule has 0 unspecified atom stereocenters. The van der Waals surface area contributed by atoms with Crippen molar-refractivity contribution in [2.24, 2.45) is 5.73 Å². The fraction of sp³-hybridized carbons (Fsp3) is 1.00. The predicted octanol–water partition coefficient (Wildman–Crippen LogP) is 1.21. The lowest BCUT2D eigenvalue weighted by molar-refractivity contribution is 0.354. The molecule has 0 atom stereocenters. The topological polar surface area (TPSA) is 75.4 Å². The minimum Gasteiger partial charge on any atom is -0.329 e. The highest BCUT2D eigenvalue weighted by Crippen LogP contribution is 2.29. The molecule has 6 heteroatoms. The average Bonchev–Trinajstić information content (AvgIpc) is 2.77. The molecule has 0 aromatic heterocycles. The third-order valence-corrected chi connectivity index (χ3v) is 5.32. The number of nitrogens with one attached hydrogen (secondary N) is 1. The molecule has 0 amide bonds. The van der Waals surface area contributed by atoms with Crippen molar-refractivity contribution in [3.05, 3.63) is 0 Å². The molecule has 5 nitrogen and oxygen atoms in total. The summed E-state index contributed by atoms with van der Waals surface area (Å²) in [5, 5.41) is 0. The summed E-state index contributed by atoms with van der Waals surface area (Å²) in [5.41, 5.74) is 5.37. The largest absolute Gasteiger partial charge is 0.329 e. The van der Waals surface area contributed by atoms with Gasteiger partial charge < -0.3 is 5.73 Å². The van der Waals surface area contributed by atoms with Crippen molar-refractivity contribution in [2.75, 3.05) is 19.6 Å². The Hall–Kier alpha value is -0.170. The highest BCUT2D eigenvalue weighted by atomic mass is 32.2. The first-order chi connectivity index (χ1) is 8.49. The maximum Gasteiger partial charge on any atom is 0.279 e. The summed E-state index contributed by atoms with van der Waals surface area (Å²) in [5.74, 6) is 0. The number of nitrogens with zero attached hydrogens (tertiary/aromatic N) is 1. The molecule has 108 valence electrons. The zero-order valence-corrected chi connectivity index (χ0v) is 12.4. The normalized spacial score (nSPS) is 19.6. The van der Waals surface area contributed by atoms with Crippen LogP contribution in [-0.2, 0) is 10.2 Å². The van der Waals surface area contributed by atoms with Crippen LogP contribution in [0.15, 0.2) is 0 Å². The second kappa shape index (κ2) is 6.84. The lowest BCUT2D eigenvalue weighted by Gasteiger charge is -2.32. The van der Waals surface area contributed by atoms with Crippen LogP contribution >= 0.6 is 0 Å². The molecule has 3 N–H and O–H groups in total. The molecular formula is C12H27N3O2S. The summed E-state index contributed by atoms with van der Waals surface area (Å²) in [4.78, 5) is 0. The zero-order valence-electron chi connectivity index (χ0n) is 11.6. The van der Waals surface area contributed by atoms with E-state index in [2.05, 4.69) is 4.72 Å². The van der Waals surface area contributed by atoms with E-state index in [1.807, 2.05) is 13.8 Å². The highest BCUT2D eigenvalue weighted by Gasteiger charge is 2.37. The molecule has 1 rings (SSSR count). The Balaban J connectivity index is 2.77.